The van der Waals surface area contributed by atoms with E-state index in [1.54, 1.807) is 0 Å². The Labute approximate surface area is 174 Å². The Morgan fingerprint density at radius 2 is 1.13 bits per heavy atom. The molecule has 0 unspecified atom stereocenters. The summed E-state index contributed by atoms with van der Waals surface area (Å²) in [4.78, 5) is 11.4. The number of benzene rings is 6. The van der Waals surface area contributed by atoms with Gasteiger partial charge in [-0.2, -0.15) is 0 Å². The summed E-state index contributed by atoms with van der Waals surface area (Å²) in [5, 5.41) is 10.2. The second kappa shape index (κ2) is 6.67. The smallest absolute Gasteiger partial charge is 0.124 e. The second-order valence-corrected chi connectivity index (χ2v) is 8.04. The summed E-state index contributed by atoms with van der Waals surface area (Å²) in [5.41, 5.74) is 3.77. The quantitative estimate of drug-likeness (QED) is 0.180. The zero-order chi connectivity index (χ0) is 20.1. The first-order chi connectivity index (χ1) is 14.8. The molecule has 0 saturated heterocycles. The normalized spacial score (nSPS) is 11.7. The van der Waals surface area contributed by atoms with Gasteiger partial charge in [-0.1, -0.05) is 91.0 Å². The number of carbonyl (C=O) groups is 1. The fourth-order valence-corrected chi connectivity index (χ4v) is 5.10. The first-order valence-electron chi connectivity index (χ1n) is 10.4. The number of hydrogen-bond donors (Lipinski definition) is 0. The second-order valence-electron chi connectivity index (χ2n) is 8.04. The van der Waals surface area contributed by atoms with E-state index in [2.05, 4.69) is 91.0 Å². The zero-order valence-corrected chi connectivity index (χ0v) is 16.6. The maximum absolute atomic E-state index is 11.4. The maximum atomic E-state index is 11.4. The molecule has 0 radical (unpaired) electrons. The number of aldehydes is 1. The van der Waals surface area contributed by atoms with E-state index < -0.39 is 0 Å². The molecule has 0 bridgehead atoms. The largest absolute Gasteiger partial charge is 0.303 e. The lowest BCUT2D eigenvalue weighted by atomic mass is 9.84. The lowest BCUT2D eigenvalue weighted by molar-refractivity contribution is -0.107. The van der Waals surface area contributed by atoms with E-state index in [4.69, 9.17) is 0 Å². The van der Waals surface area contributed by atoms with Crippen molar-refractivity contribution in [1.82, 2.24) is 0 Å². The van der Waals surface area contributed by atoms with E-state index in [0.29, 0.717) is 6.42 Å². The molecule has 0 aliphatic carbocycles. The Bertz CT molecular complexity index is 1540. The van der Waals surface area contributed by atoms with E-state index in [0.717, 1.165) is 18.3 Å². The Morgan fingerprint density at radius 3 is 1.77 bits per heavy atom. The fraction of sp³-hybridized carbons (Fsp3) is 0.0690. The van der Waals surface area contributed by atoms with E-state index in [9.17, 15) is 4.79 Å². The molecule has 6 rings (SSSR count). The number of rotatable bonds is 4. The van der Waals surface area contributed by atoms with Gasteiger partial charge in [0.15, 0.2) is 0 Å². The van der Waals surface area contributed by atoms with E-state index in [1.165, 1.54) is 54.2 Å². The van der Waals surface area contributed by atoms with E-state index in [1.807, 2.05) is 0 Å². The molecule has 0 atom stereocenters. The monoisotopic (exact) mass is 384 g/mol. The molecule has 1 nitrogen and oxygen atoms in total. The third-order valence-corrected chi connectivity index (χ3v) is 6.34. The molecule has 0 aliphatic heterocycles. The molecule has 0 fully saturated rings. The average Bonchev–Trinajstić information content (AvgIpc) is 2.79. The minimum atomic E-state index is 0.440. The van der Waals surface area contributed by atoms with Crippen LogP contribution in [0.4, 0.5) is 0 Å². The Morgan fingerprint density at radius 1 is 0.533 bits per heavy atom. The van der Waals surface area contributed by atoms with Crippen LogP contribution >= 0.6 is 0 Å². The van der Waals surface area contributed by atoms with Gasteiger partial charge in [0.1, 0.15) is 6.29 Å². The van der Waals surface area contributed by atoms with Gasteiger partial charge in [0.25, 0.3) is 0 Å². The van der Waals surface area contributed by atoms with E-state index in [-0.39, 0.29) is 0 Å². The summed E-state index contributed by atoms with van der Waals surface area (Å²) >= 11 is 0. The molecule has 1 heteroatoms. The van der Waals surface area contributed by atoms with Crippen LogP contribution < -0.4 is 0 Å². The topological polar surface area (TPSA) is 17.1 Å². The van der Waals surface area contributed by atoms with Crippen LogP contribution in [0.1, 0.15) is 16.7 Å². The Hall–Kier alpha value is -3.71. The first-order valence-corrected chi connectivity index (χ1v) is 10.4. The van der Waals surface area contributed by atoms with Crippen molar-refractivity contribution in [2.75, 3.05) is 0 Å². The van der Waals surface area contributed by atoms with Gasteiger partial charge in [0.2, 0.25) is 0 Å². The predicted molar refractivity (Wildman–Crippen MR) is 127 cm³/mol. The minimum Gasteiger partial charge on any atom is -0.303 e. The zero-order valence-electron chi connectivity index (χ0n) is 16.6. The molecule has 30 heavy (non-hydrogen) atoms. The van der Waals surface area contributed by atoms with Gasteiger partial charge in [0, 0.05) is 6.42 Å². The Kier molecular flexibility index (Phi) is 3.82. The molecule has 0 saturated carbocycles. The summed E-state index contributed by atoms with van der Waals surface area (Å²) in [6.45, 7) is 0. The van der Waals surface area contributed by atoms with Gasteiger partial charge < -0.3 is 4.79 Å². The molecule has 0 spiro atoms. The standard InChI is InChI=1S/C29H20O/c30-17-16-22-13-12-20-8-5-11-25-26(20)28(22)24-10-4-9-21-14-15-23(29(25)27(21)24)18-19-6-2-1-3-7-19/h1-15,17H,16,18H2. The highest BCUT2D eigenvalue weighted by Crippen LogP contribution is 2.43. The predicted octanol–water partition coefficient (Wildman–Crippen LogP) is 7.07. The van der Waals surface area contributed by atoms with Crippen LogP contribution in [-0.2, 0) is 17.6 Å². The van der Waals surface area contributed by atoms with Crippen LogP contribution in [0, 0.1) is 0 Å². The summed E-state index contributed by atoms with van der Waals surface area (Å²) in [7, 11) is 0. The first kappa shape index (κ1) is 17.2. The van der Waals surface area contributed by atoms with Crippen molar-refractivity contribution in [3.8, 4) is 0 Å². The highest BCUT2D eigenvalue weighted by Gasteiger charge is 2.17. The molecule has 6 aromatic rings. The number of carbonyl (C=O) groups excluding carboxylic acids is 1. The van der Waals surface area contributed by atoms with Crippen molar-refractivity contribution in [2.24, 2.45) is 0 Å². The van der Waals surface area contributed by atoms with Crippen molar-refractivity contribution in [2.45, 2.75) is 12.8 Å². The summed E-state index contributed by atoms with van der Waals surface area (Å²) in [5.74, 6) is 0. The molecule has 0 N–H and O–H groups in total. The van der Waals surface area contributed by atoms with Crippen LogP contribution in [0.3, 0.4) is 0 Å². The minimum absolute atomic E-state index is 0.440. The van der Waals surface area contributed by atoms with Crippen LogP contribution in [0.5, 0.6) is 0 Å². The van der Waals surface area contributed by atoms with Crippen molar-refractivity contribution in [1.29, 1.82) is 0 Å². The molecule has 6 aromatic carbocycles. The number of fused-ring (bicyclic) bond motifs is 2. The van der Waals surface area contributed by atoms with Gasteiger partial charge in [-0.05, 0) is 66.2 Å². The molecular weight excluding hydrogens is 364 g/mol. The molecule has 0 amide bonds. The highest BCUT2D eigenvalue weighted by molar-refractivity contribution is 6.34. The highest BCUT2D eigenvalue weighted by atomic mass is 16.1. The van der Waals surface area contributed by atoms with Gasteiger partial charge in [-0.25, -0.2) is 0 Å². The van der Waals surface area contributed by atoms with Gasteiger partial charge >= 0.3 is 0 Å². The number of hydrogen-bond acceptors (Lipinski definition) is 1. The fourth-order valence-electron chi connectivity index (χ4n) is 5.10. The van der Waals surface area contributed by atoms with Crippen LogP contribution in [0.25, 0.3) is 43.1 Å². The van der Waals surface area contributed by atoms with Crippen molar-refractivity contribution >= 4 is 49.4 Å². The summed E-state index contributed by atoms with van der Waals surface area (Å²) < 4.78 is 0. The molecule has 0 aromatic heterocycles. The van der Waals surface area contributed by atoms with Crippen molar-refractivity contribution in [3.05, 3.63) is 108 Å². The van der Waals surface area contributed by atoms with Gasteiger partial charge in [-0.3, -0.25) is 0 Å². The van der Waals surface area contributed by atoms with Gasteiger partial charge in [0.05, 0.1) is 0 Å². The van der Waals surface area contributed by atoms with Crippen LogP contribution in [-0.4, -0.2) is 6.29 Å². The van der Waals surface area contributed by atoms with Crippen LogP contribution in [0.15, 0.2) is 91.0 Å². The van der Waals surface area contributed by atoms with Crippen molar-refractivity contribution < 1.29 is 4.79 Å². The molecule has 0 heterocycles. The molecule has 142 valence electrons. The average molecular weight is 384 g/mol. The van der Waals surface area contributed by atoms with E-state index >= 15 is 0 Å². The third-order valence-electron chi connectivity index (χ3n) is 6.34. The molecule has 0 aliphatic rings. The molecular formula is C29H20O. The van der Waals surface area contributed by atoms with Crippen LogP contribution in [0.2, 0.25) is 0 Å². The maximum Gasteiger partial charge on any atom is 0.124 e. The summed E-state index contributed by atoms with van der Waals surface area (Å²) in [6.07, 6.45) is 2.36. The van der Waals surface area contributed by atoms with Crippen molar-refractivity contribution in [3.63, 3.8) is 0 Å². The lowest BCUT2D eigenvalue weighted by Gasteiger charge is -2.19. The lowest BCUT2D eigenvalue weighted by Crippen LogP contribution is -1.96. The Balaban J connectivity index is 1.83. The van der Waals surface area contributed by atoms with Gasteiger partial charge in [-0.15, -0.1) is 0 Å². The summed E-state index contributed by atoms with van der Waals surface area (Å²) in [6, 6.07) is 32.6. The third kappa shape index (κ3) is 2.45. The SMILES string of the molecule is O=CCc1ccc2cccc3c4c(Cc5ccccc5)ccc5cccc(c1c23)c54.